The summed E-state index contributed by atoms with van der Waals surface area (Å²) in [6.45, 7) is 0.802. The van der Waals surface area contributed by atoms with Crippen LogP contribution < -0.4 is 11.1 Å². The number of aromatic nitrogens is 1. The van der Waals surface area contributed by atoms with E-state index in [1.165, 1.54) is 12.3 Å². The molecule has 1 aromatic rings. The maximum atomic E-state index is 11.4. The molecule has 1 aromatic heterocycles. The summed E-state index contributed by atoms with van der Waals surface area (Å²) in [5.41, 5.74) is 5.26. The van der Waals surface area contributed by atoms with Gasteiger partial charge in [-0.3, -0.25) is 4.79 Å². The smallest absolute Gasteiger partial charge is 0.273 e. The number of amides is 1. The molecule has 0 fully saturated rings. The molecule has 15 heavy (non-hydrogen) atoms. The molecule has 0 bridgehead atoms. The molecule has 0 radical (unpaired) electrons. The Balaban J connectivity index is 2.54. The number of nitrogens with zero attached hydrogens (tertiary/aromatic N) is 1. The van der Waals surface area contributed by atoms with Crippen molar-refractivity contribution in [2.24, 2.45) is 5.73 Å². The van der Waals surface area contributed by atoms with Crippen LogP contribution in [0.3, 0.4) is 0 Å². The van der Waals surface area contributed by atoms with Crippen LogP contribution in [0.15, 0.2) is 30.5 Å². The Morgan fingerprint density at radius 2 is 2.40 bits per heavy atom. The monoisotopic (exact) mass is 207 g/mol. The highest BCUT2D eigenvalue weighted by Gasteiger charge is 2.09. The van der Waals surface area contributed by atoms with Crippen molar-refractivity contribution < 1.29 is 9.90 Å². The Bertz CT molecular complexity index is 363. The van der Waals surface area contributed by atoms with Crippen LogP contribution >= 0.6 is 0 Å². The van der Waals surface area contributed by atoms with Crippen LogP contribution in [0.25, 0.3) is 0 Å². The van der Waals surface area contributed by atoms with Gasteiger partial charge in [-0.1, -0.05) is 12.2 Å². The van der Waals surface area contributed by atoms with E-state index in [1.807, 2.05) is 0 Å². The van der Waals surface area contributed by atoms with E-state index >= 15 is 0 Å². The zero-order chi connectivity index (χ0) is 11.1. The molecule has 1 heterocycles. The van der Waals surface area contributed by atoms with Crippen molar-refractivity contribution in [1.82, 2.24) is 10.3 Å². The van der Waals surface area contributed by atoms with Gasteiger partial charge < -0.3 is 16.2 Å². The van der Waals surface area contributed by atoms with E-state index < -0.39 is 5.91 Å². The van der Waals surface area contributed by atoms with Gasteiger partial charge in [0.25, 0.3) is 5.91 Å². The zero-order valence-electron chi connectivity index (χ0n) is 8.18. The number of hydrogen-bond donors (Lipinski definition) is 3. The van der Waals surface area contributed by atoms with Gasteiger partial charge in [-0.2, -0.15) is 0 Å². The lowest BCUT2D eigenvalue weighted by Crippen LogP contribution is -2.24. The average molecular weight is 207 g/mol. The minimum atomic E-state index is -0.408. The summed E-state index contributed by atoms with van der Waals surface area (Å²) >= 11 is 0. The number of nitrogens with one attached hydrogen (secondary N) is 1. The summed E-state index contributed by atoms with van der Waals surface area (Å²) in [6, 6.07) is 2.97. The van der Waals surface area contributed by atoms with E-state index in [9.17, 15) is 9.90 Å². The molecule has 0 aliphatic heterocycles. The molecular weight excluding hydrogens is 194 g/mol. The molecule has 1 amide bonds. The number of pyridine rings is 1. The standard InChI is InChI=1S/C10H13N3O2/c11-5-1-2-6-13-10(15)9-8(14)4-3-7-12-9/h1-4,7,14H,5-6,11H2,(H,13,15)/b2-1+. The van der Waals surface area contributed by atoms with Gasteiger partial charge in [-0.15, -0.1) is 0 Å². The summed E-state index contributed by atoms with van der Waals surface area (Å²) in [6.07, 6.45) is 4.92. The molecule has 0 unspecified atom stereocenters. The van der Waals surface area contributed by atoms with Gasteiger partial charge in [0.2, 0.25) is 0 Å². The SMILES string of the molecule is NC/C=C/CNC(=O)c1ncccc1O. The highest BCUT2D eigenvalue weighted by molar-refractivity contribution is 5.94. The molecule has 5 nitrogen and oxygen atoms in total. The van der Waals surface area contributed by atoms with Gasteiger partial charge >= 0.3 is 0 Å². The van der Waals surface area contributed by atoms with E-state index in [1.54, 1.807) is 18.2 Å². The maximum Gasteiger partial charge on any atom is 0.273 e. The Hall–Kier alpha value is -1.88. The average Bonchev–Trinajstić information content (AvgIpc) is 2.25. The third kappa shape index (κ3) is 3.40. The lowest BCUT2D eigenvalue weighted by atomic mass is 10.3. The van der Waals surface area contributed by atoms with Crippen molar-refractivity contribution in [1.29, 1.82) is 0 Å². The Kier molecular flexibility index (Phi) is 4.30. The van der Waals surface area contributed by atoms with Crippen LogP contribution in [-0.2, 0) is 0 Å². The number of rotatable bonds is 4. The van der Waals surface area contributed by atoms with Gasteiger partial charge in [0.05, 0.1) is 0 Å². The van der Waals surface area contributed by atoms with Crippen LogP contribution in [0.5, 0.6) is 5.75 Å². The largest absolute Gasteiger partial charge is 0.505 e. The molecule has 0 aliphatic rings. The van der Waals surface area contributed by atoms with Crippen LogP contribution in [0.1, 0.15) is 10.5 Å². The fraction of sp³-hybridized carbons (Fsp3) is 0.200. The normalized spacial score (nSPS) is 10.5. The lowest BCUT2D eigenvalue weighted by molar-refractivity contribution is 0.0950. The van der Waals surface area contributed by atoms with Crippen LogP contribution in [0.2, 0.25) is 0 Å². The molecule has 0 saturated heterocycles. The van der Waals surface area contributed by atoms with Gasteiger partial charge in [-0.25, -0.2) is 4.98 Å². The minimum absolute atomic E-state index is 0.0265. The summed E-state index contributed by atoms with van der Waals surface area (Å²) in [5.74, 6) is -0.535. The van der Waals surface area contributed by atoms with Crippen molar-refractivity contribution in [3.05, 3.63) is 36.2 Å². The predicted molar refractivity (Wildman–Crippen MR) is 56.4 cm³/mol. The van der Waals surface area contributed by atoms with Crippen LogP contribution in [0.4, 0.5) is 0 Å². The fourth-order valence-corrected chi connectivity index (χ4v) is 0.987. The summed E-state index contributed by atoms with van der Waals surface area (Å²) < 4.78 is 0. The number of carbonyl (C=O) groups excluding carboxylic acids is 1. The quantitative estimate of drug-likeness (QED) is 0.608. The van der Waals surface area contributed by atoms with Gasteiger partial charge in [0, 0.05) is 19.3 Å². The first kappa shape index (κ1) is 11.2. The fourth-order valence-electron chi connectivity index (χ4n) is 0.987. The topological polar surface area (TPSA) is 88.2 Å². The molecule has 5 heteroatoms. The maximum absolute atomic E-state index is 11.4. The highest BCUT2D eigenvalue weighted by atomic mass is 16.3. The number of carbonyl (C=O) groups is 1. The van der Waals surface area contributed by atoms with Crippen molar-refractivity contribution in [3.8, 4) is 5.75 Å². The second-order valence-electron chi connectivity index (χ2n) is 2.79. The molecule has 0 aromatic carbocycles. The molecule has 80 valence electrons. The van der Waals surface area contributed by atoms with E-state index in [2.05, 4.69) is 10.3 Å². The Morgan fingerprint density at radius 3 is 3.07 bits per heavy atom. The Morgan fingerprint density at radius 1 is 1.60 bits per heavy atom. The van der Waals surface area contributed by atoms with Crippen molar-refractivity contribution in [2.45, 2.75) is 0 Å². The van der Waals surface area contributed by atoms with Crippen molar-refractivity contribution in [2.75, 3.05) is 13.1 Å². The zero-order valence-corrected chi connectivity index (χ0v) is 8.18. The lowest BCUT2D eigenvalue weighted by Gasteiger charge is -2.02. The third-order valence-electron chi connectivity index (χ3n) is 1.68. The molecule has 4 N–H and O–H groups in total. The summed E-state index contributed by atoms with van der Waals surface area (Å²) in [4.78, 5) is 15.2. The first-order chi connectivity index (χ1) is 7.25. The first-order valence-electron chi connectivity index (χ1n) is 4.53. The number of nitrogens with two attached hydrogens (primary N) is 1. The second-order valence-corrected chi connectivity index (χ2v) is 2.79. The van der Waals surface area contributed by atoms with Gasteiger partial charge in [-0.05, 0) is 12.1 Å². The highest BCUT2D eigenvalue weighted by Crippen LogP contribution is 2.11. The number of hydrogen-bond acceptors (Lipinski definition) is 4. The molecule has 0 atom stereocenters. The second kappa shape index (κ2) is 5.77. The van der Waals surface area contributed by atoms with Crippen LogP contribution in [0, 0.1) is 0 Å². The van der Waals surface area contributed by atoms with Crippen LogP contribution in [-0.4, -0.2) is 29.1 Å². The van der Waals surface area contributed by atoms with Crippen molar-refractivity contribution in [3.63, 3.8) is 0 Å². The van der Waals surface area contributed by atoms with E-state index in [0.29, 0.717) is 13.1 Å². The van der Waals surface area contributed by atoms with Crippen molar-refractivity contribution >= 4 is 5.91 Å². The van der Waals surface area contributed by atoms with E-state index in [-0.39, 0.29) is 11.4 Å². The molecule has 1 rings (SSSR count). The third-order valence-corrected chi connectivity index (χ3v) is 1.68. The predicted octanol–water partition coefficient (Wildman–Crippen LogP) is 0.0319. The molecule has 0 aliphatic carbocycles. The first-order valence-corrected chi connectivity index (χ1v) is 4.53. The summed E-state index contributed by atoms with van der Waals surface area (Å²) in [7, 11) is 0. The minimum Gasteiger partial charge on any atom is -0.505 e. The Labute approximate surface area is 87.6 Å². The molecule has 0 saturated carbocycles. The molecule has 0 spiro atoms. The summed E-state index contributed by atoms with van der Waals surface area (Å²) in [5, 5.41) is 11.9. The van der Waals surface area contributed by atoms with E-state index in [4.69, 9.17) is 5.73 Å². The van der Waals surface area contributed by atoms with Gasteiger partial charge in [0.15, 0.2) is 5.69 Å². The number of aromatic hydroxyl groups is 1. The molecular formula is C10H13N3O2. The van der Waals surface area contributed by atoms with Gasteiger partial charge in [0.1, 0.15) is 5.75 Å². The van der Waals surface area contributed by atoms with E-state index in [0.717, 1.165) is 0 Å².